The summed E-state index contributed by atoms with van der Waals surface area (Å²) in [5, 5.41) is 3.06. The first kappa shape index (κ1) is 15.9. The van der Waals surface area contributed by atoms with E-state index in [1.54, 1.807) is 6.20 Å². The molecule has 1 heterocycles. The van der Waals surface area contributed by atoms with Crippen molar-refractivity contribution in [2.24, 2.45) is 0 Å². The summed E-state index contributed by atoms with van der Waals surface area (Å²) in [4.78, 5) is 4.27. The summed E-state index contributed by atoms with van der Waals surface area (Å²) in [6.07, 6.45) is 1.76. The fourth-order valence-electron chi connectivity index (χ4n) is 2.31. The lowest BCUT2D eigenvalue weighted by atomic mass is 10.2. The molecule has 1 N–H and O–H groups in total. The van der Waals surface area contributed by atoms with Crippen LogP contribution in [0.15, 0.2) is 72.9 Å². The summed E-state index contributed by atoms with van der Waals surface area (Å²) in [5.74, 6) is 2.46. The number of nitrogens with zero attached hydrogens (tertiary/aromatic N) is 1. The van der Waals surface area contributed by atoms with Crippen molar-refractivity contribution in [3.63, 3.8) is 0 Å². The third-order valence-electron chi connectivity index (χ3n) is 3.59. The summed E-state index contributed by atoms with van der Waals surface area (Å²) < 4.78 is 11.6. The first-order valence-corrected chi connectivity index (χ1v) is 7.86. The monoisotopic (exact) mass is 320 g/mol. The predicted molar refractivity (Wildman–Crippen MR) is 95.3 cm³/mol. The van der Waals surface area contributed by atoms with Gasteiger partial charge in [0.1, 0.15) is 30.5 Å². The van der Waals surface area contributed by atoms with Crippen molar-refractivity contribution in [3.8, 4) is 11.5 Å². The third-order valence-corrected chi connectivity index (χ3v) is 3.59. The van der Waals surface area contributed by atoms with Crippen LogP contribution in [0.2, 0.25) is 0 Å². The Labute approximate surface area is 142 Å². The molecule has 0 atom stereocenters. The maximum atomic E-state index is 5.82. The molecule has 3 aromatic rings. The number of aromatic nitrogens is 1. The molecule has 0 saturated carbocycles. The van der Waals surface area contributed by atoms with Crippen molar-refractivity contribution in [3.05, 3.63) is 84.1 Å². The van der Waals surface area contributed by atoms with Gasteiger partial charge in [-0.15, -0.1) is 0 Å². The average Bonchev–Trinajstić information content (AvgIpc) is 2.66. The normalized spacial score (nSPS) is 10.2. The van der Waals surface area contributed by atoms with Gasteiger partial charge in [0.05, 0.1) is 0 Å². The lowest BCUT2D eigenvalue weighted by Gasteiger charge is -2.11. The molecule has 0 radical (unpaired) electrons. The zero-order chi connectivity index (χ0) is 16.6. The number of hydrogen-bond donors (Lipinski definition) is 1. The molecule has 0 spiro atoms. The molecule has 2 aromatic carbocycles. The van der Waals surface area contributed by atoms with Gasteiger partial charge in [-0.1, -0.05) is 36.4 Å². The van der Waals surface area contributed by atoms with Crippen LogP contribution in [0.25, 0.3) is 0 Å². The van der Waals surface area contributed by atoms with E-state index in [2.05, 4.69) is 10.3 Å². The van der Waals surface area contributed by atoms with Crippen molar-refractivity contribution in [1.82, 2.24) is 4.98 Å². The van der Waals surface area contributed by atoms with Crippen LogP contribution < -0.4 is 14.8 Å². The van der Waals surface area contributed by atoms with Crippen molar-refractivity contribution >= 4 is 5.82 Å². The summed E-state index contributed by atoms with van der Waals surface area (Å²) in [6.45, 7) is 1.02. The Morgan fingerprint density at radius 3 is 2.12 bits per heavy atom. The Kier molecular flexibility index (Phi) is 5.30. The first-order chi connectivity index (χ1) is 11.8. The second-order valence-electron chi connectivity index (χ2n) is 5.30. The van der Waals surface area contributed by atoms with Gasteiger partial charge in [-0.3, -0.25) is 0 Å². The maximum Gasteiger partial charge on any atom is 0.132 e. The summed E-state index contributed by atoms with van der Waals surface area (Å²) >= 11 is 0. The minimum Gasteiger partial charge on any atom is -0.489 e. The molecule has 0 bridgehead atoms. The Morgan fingerprint density at radius 1 is 0.792 bits per heavy atom. The second kappa shape index (κ2) is 8.02. The fourth-order valence-corrected chi connectivity index (χ4v) is 2.31. The minimum absolute atomic E-state index is 0.467. The van der Waals surface area contributed by atoms with Gasteiger partial charge in [-0.05, 0) is 35.9 Å². The van der Waals surface area contributed by atoms with E-state index in [0.717, 1.165) is 28.4 Å². The molecular weight excluding hydrogens is 300 g/mol. The van der Waals surface area contributed by atoms with E-state index in [0.29, 0.717) is 13.2 Å². The molecule has 3 rings (SSSR count). The van der Waals surface area contributed by atoms with Crippen molar-refractivity contribution in [2.45, 2.75) is 13.2 Å². The quantitative estimate of drug-likeness (QED) is 0.705. The lowest BCUT2D eigenvalue weighted by molar-refractivity contribution is 0.297. The highest BCUT2D eigenvalue weighted by atomic mass is 16.5. The van der Waals surface area contributed by atoms with Crippen LogP contribution in [-0.2, 0) is 13.2 Å². The summed E-state index contributed by atoms with van der Waals surface area (Å²) in [5.41, 5.74) is 2.17. The van der Waals surface area contributed by atoms with Gasteiger partial charge in [0.2, 0.25) is 0 Å². The van der Waals surface area contributed by atoms with Crippen molar-refractivity contribution in [1.29, 1.82) is 0 Å². The van der Waals surface area contributed by atoms with E-state index in [1.165, 1.54) is 0 Å². The third kappa shape index (κ3) is 4.26. The van der Waals surface area contributed by atoms with E-state index in [9.17, 15) is 0 Å². The van der Waals surface area contributed by atoms with E-state index < -0.39 is 0 Å². The van der Waals surface area contributed by atoms with Gasteiger partial charge in [0.15, 0.2) is 0 Å². The Balaban J connectivity index is 1.54. The first-order valence-electron chi connectivity index (χ1n) is 7.86. The van der Waals surface area contributed by atoms with Crippen molar-refractivity contribution < 1.29 is 9.47 Å². The van der Waals surface area contributed by atoms with Gasteiger partial charge in [0.25, 0.3) is 0 Å². The molecule has 1 aromatic heterocycles. The predicted octanol–water partition coefficient (Wildman–Crippen LogP) is 4.28. The average molecular weight is 320 g/mol. The zero-order valence-corrected chi connectivity index (χ0v) is 13.6. The second-order valence-corrected chi connectivity index (χ2v) is 5.30. The fraction of sp³-hybridized carbons (Fsp3) is 0.150. The molecule has 4 nitrogen and oxygen atoms in total. The molecule has 0 fully saturated rings. The highest BCUT2D eigenvalue weighted by molar-refractivity contribution is 5.43. The van der Waals surface area contributed by atoms with E-state index >= 15 is 0 Å². The van der Waals surface area contributed by atoms with E-state index in [1.807, 2.05) is 73.8 Å². The van der Waals surface area contributed by atoms with Gasteiger partial charge in [-0.25, -0.2) is 4.98 Å². The van der Waals surface area contributed by atoms with Crippen LogP contribution in [0.3, 0.4) is 0 Å². The standard InChI is InChI=1S/C20H20N2O2/c1-21-20-17(8-5-13-22-20)15-24-19-11-9-18(10-12-19)23-14-16-6-3-2-4-7-16/h2-13H,14-15H2,1H3,(H,21,22). The Hall–Kier alpha value is -3.01. The number of nitrogens with one attached hydrogen (secondary N) is 1. The number of anilines is 1. The summed E-state index contributed by atoms with van der Waals surface area (Å²) in [7, 11) is 1.85. The zero-order valence-electron chi connectivity index (χ0n) is 13.6. The molecule has 0 amide bonds. The number of hydrogen-bond acceptors (Lipinski definition) is 4. The van der Waals surface area contributed by atoms with Gasteiger partial charge < -0.3 is 14.8 Å². The summed E-state index contributed by atoms with van der Waals surface area (Å²) in [6, 6.07) is 21.7. The smallest absolute Gasteiger partial charge is 0.132 e. The van der Waals surface area contributed by atoms with Gasteiger partial charge >= 0.3 is 0 Å². The Bertz CT molecular complexity index is 758. The number of ether oxygens (including phenoxy) is 2. The maximum absolute atomic E-state index is 5.82. The SMILES string of the molecule is CNc1ncccc1COc1ccc(OCc2ccccc2)cc1. The lowest BCUT2D eigenvalue weighted by Crippen LogP contribution is -2.02. The molecule has 0 aliphatic heterocycles. The van der Waals surface area contributed by atoms with Crippen molar-refractivity contribution in [2.75, 3.05) is 12.4 Å². The highest BCUT2D eigenvalue weighted by Crippen LogP contribution is 2.20. The van der Waals surface area contributed by atoms with Crippen LogP contribution in [0.1, 0.15) is 11.1 Å². The molecule has 122 valence electrons. The molecule has 24 heavy (non-hydrogen) atoms. The molecule has 0 aliphatic carbocycles. The molecule has 0 aliphatic rings. The van der Waals surface area contributed by atoms with Crippen LogP contribution in [0.4, 0.5) is 5.82 Å². The highest BCUT2D eigenvalue weighted by Gasteiger charge is 2.03. The van der Waals surface area contributed by atoms with Gasteiger partial charge in [-0.2, -0.15) is 0 Å². The largest absolute Gasteiger partial charge is 0.489 e. The van der Waals surface area contributed by atoms with Crippen LogP contribution >= 0.6 is 0 Å². The van der Waals surface area contributed by atoms with E-state index in [-0.39, 0.29) is 0 Å². The van der Waals surface area contributed by atoms with Crippen LogP contribution in [0.5, 0.6) is 11.5 Å². The number of benzene rings is 2. The molecule has 4 heteroatoms. The molecule has 0 unspecified atom stereocenters. The van der Waals surface area contributed by atoms with E-state index in [4.69, 9.17) is 9.47 Å². The van der Waals surface area contributed by atoms with Crippen LogP contribution in [0, 0.1) is 0 Å². The number of rotatable bonds is 7. The van der Waals surface area contributed by atoms with Gasteiger partial charge in [0, 0.05) is 18.8 Å². The topological polar surface area (TPSA) is 43.4 Å². The number of pyridine rings is 1. The Morgan fingerprint density at radius 2 is 1.46 bits per heavy atom. The molecule has 0 saturated heterocycles. The molecular formula is C20H20N2O2. The minimum atomic E-state index is 0.467. The van der Waals surface area contributed by atoms with Crippen LogP contribution in [-0.4, -0.2) is 12.0 Å².